The molecule has 2 aromatic heterocycles. The molecule has 1 fully saturated rings. The molecular formula is C12H16N4. The summed E-state index contributed by atoms with van der Waals surface area (Å²) in [5.74, 6) is 1.68. The first-order valence-electron chi connectivity index (χ1n) is 5.77. The van der Waals surface area contributed by atoms with E-state index in [1.165, 1.54) is 0 Å². The molecule has 2 unspecified atom stereocenters. The van der Waals surface area contributed by atoms with Gasteiger partial charge in [0.25, 0.3) is 0 Å². The molecule has 2 aromatic rings. The van der Waals surface area contributed by atoms with Gasteiger partial charge in [-0.2, -0.15) is 0 Å². The number of pyridine rings is 1. The third-order valence-electron chi connectivity index (χ3n) is 3.56. The number of hydrogen-bond donors (Lipinski definition) is 1. The Morgan fingerprint density at radius 2 is 2.31 bits per heavy atom. The van der Waals surface area contributed by atoms with E-state index >= 15 is 0 Å². The molecule has 2 heterocycles. The van der Waals surface area contributed by atoms with Gasteiger partial charge in [0.2, 0.25) is 0 Å². The number of nitrogens with zero attached hydrogens (tertiary/aromatic N) is 3. The molecule has 0 amide bonds. The van der Waals surface area contributed by atoms with Crippen LogP contribution in [0.5, 0.6) is 0 Å². The molecule has 0 aliphatic heterocycles. The minimum atomic E-state index is 0.350. The quantitative estimate of drug-likeness (QED) is 0.787. The third-order valence-corrected chi connectivity index (χ3v) is 3.56. The molecule has 0 bridgehead atoms. The highest BCUT2D eigenvalue weighted by Gasteiger charge is 2.26. The summed E-state index contributed by atoms with van der Waals surface area (Å²) in [6.07, 6.45) is 7.00. The van der Waals surface area contributed by atoms with Crippen LogP contribution in [-0.4, -0.2) is 20.6 Å². The Bertz CT molecular complexity index is 517. The number of rotatable bonds is 1. The summed E-state index contributed by atoms with van der Waals surface area (Å²) in [6, 6.07) is 2.32. The number of imidazole rings is 1. The van der Waals surface area contributed by atoms with Crippen molar-refractivity contribution in [2.24, 2.45) is 12.8 Å². The zero-order valence-corrected chi connectivity index (χ0v) is 9.43. The fourth-order valence-corrected chi connectivity index (χ4v) is 2.67. The molecule has 2 atom stereocenters. The maximum atomic E-state index is 5.96. The highest BCUT2D eigenvalue weighted by atomic mass is 15.1. The first-order chi connectivity index (χ1) is 7.75. The number of aryl methyl sites for hydroxylation is 1. The smallest absolute Gasteiger partial charge is 0.112 e. The average Bonchev–Trinajstić information content (AvgIpc) is 2.84. The van der Waals surface area contributed by atoms with Crippen molar-refractivity contribution < 1.29 is 0 Å². The van der Waals surface area contributed by atoms with Gasteiger partial charge in [-0.1, -0.05) is 0 Å². The average molecular weight is 216 g/mol. The fraction of sp³-hybridized carbons (Fsp3) is 0.500. The lowest BCUT2D eigenvalue weighted by Gasteiger charge is -2.09. The van der Waals surface area contributed by atoms with Gasteiger partial charge >= 0.3 is 0 Å². The molecule has 0 saturated heterocycles. The minimum absolute atomic E-state index is 0.350. The lowest BCUT2D eigenvalue weighted by Crippen LogP contribution is -2.15. The fourth-order valence-electron chi connectivity index (χ4n) is 2.67. The van der Waals surface area contributed by atoms with Crippen molar-refractivity contribution in [3.8, 4) is 0 Å². The van der Waals surface area contributed by atoms with Crippen LogP contribution in [0.1, 0.15) is 31.0 Å². The molecule has 4 nitrogen and oxygen atoms in total. The summed E-state index contributed by atoms with van der Waals surface area (Å²) in [5, 5.41) is 0. The molecule has 1 aliphatic rings. The van der Waals surface area contributed by atoms with Crippen molar-refractivity contribution in [1.29, 1.82) is 0 Å². The van der Waals surface area contributed by atoms with E-state index < -0.39 is 0 Å². The van der Waals surface area contributed by atoms with Gasteiger partial charge in [0.15, 0.2) is 0 Å². The second-order valence-corrected chi connectivity index (χ2v) is 4.66. The van der Waals surface area contributed by atoms with E-state index in [1.54, 1.807) is 6.20 Å². The topological polar surface area (TPSA) is 56.7 Å². The molecule has 84 valence electrons. The molecule has 0 aromatic carbocycles. The Labute approximate surface area is 94.5 Å². The molecule has 3 rings (SSSR count). The van der Waals surface area contributed by atoms with E-state index in [2.05, 4.69) is 16.6 Å². The standard InChI is InChI=1S/C12H16N4/c1-16-11-7-14-5-4-10(11)15-12(16)8-2-3-9(13)6-8/h4-5,7-9H,2-3,6,13H2,1H3. The van der Waals surface area contributed by atoms with Crippen molar-refractivity contribution in [2.45, 2.75) is 31.2 Å². The number of nitrogens with two attached hydrogens (primary N) is 1. The van der Waals surface area contributed by atoms with E-state index in [-0.39, 0.29) is 0 Å². The summed E-state index contributed by atoms with van der Waals surface area (Å²) in [5.41, 5.74) is 8.10. The van der Waals surface area contributed by atoms with Crippen LogP contribution < -0.4 is 5.73 Å². The summed E-state index contributed by atoms with van der Waals surface area (Å²) in [4.78, 5) is 8.84. The molecular weight excluding hydrogens is 200 g/mol. The van der Waals surface area contributed by atoms with Crippen LogP contribution in [-0.2, 0) is 7.05 Å². The Hall–Kier alpha value is -1.42. The van der Waals surface area contributed by atoms with Crippen LogP contribution in [0, 0.1) is 0 Å². The van der Waals surface area contributed by atoms with Crippen molar-refractivity contribution in [2.75, 3.05) is 0 Å². The zero-order chi connectivity index (χ0) is 11.1. The SMILES string of the molecule is Cn1c(C2CCC(N)C2)nc2ccncc21. The van der Waals surface area contributed by atoms with E-state index in [0.29, 0.717) is 12.0 Å². The first kappa shape index (κ1) is 9.78. The van der Waals surface area contributed by atoms with Gasteiger partial charge in [-0.05, 0) is 25.3 Å². The number of fused-ring (bicyclic) bond motifs is 1. The Morgan fingerprint density at radius 1 is 1.44 bits per heavy atom. The van der Waals surface area contributed by atoms with Gasteiger partial charge in [0.05, 0.1) is 17.2 Å². The summed E-state index contributed by atoms with van der Waals surface area (Å²) in [7, 11) is 2.07. The van der Waals surface area contributed by atoms with Crippen molar-refractivity contribution in [3.63, 3.8) is 0 Å². The second kappa shape index (κ2) is 3.56. The third kappa shape index (κ3) is 1.41. The van der Waals surface area contributed by atoms with E-state index in [9.17, 15) is 0 Å². The number of aromatic nitrogens is 3. The molecule has 16 heavy (non-hydrogen) atoms. The normalized spacial score (nSPS) is 25.4. The summed E-state index contributed by atoms with van der Waals surface area (Å²) >= 11 is 0. The Morgan fingerprint density at radius 3 is 3.00 bits per heavy atom. The van der Waals surface area contributed by atoms with Crippen LogP contribution in [0.3, 0.4) is 0 Å². The highest BCUT2D eigenvalue weighted by Crippen LogP contribution is 2.33. The van der Waals surface area contributed by atoms with Crippen molar-refractivity contribution >= 4 is 11.0 Å². The van der Waals surface area contributed by atoms with Crippen LogP contribution in [0.2, 0.25) is 0 Å². The van der Waals surface area contributed by atoms with Gasteiger partial charge in [-0.3, -0.25) is 4.98 Å². The van der Waals surface area contributed by atoms with Gasteiger partial charge in [0, 0.05) is 25.2 Å². The predicted molar refractivity (Wildman–Crippen MR) is 63.1 cm³/mol. The molecule has 1 saturated carbocycles. The molecule has 2 N–H and O–H groups in total. The lowest BCUT2D eigenvalue weighted by molar-refractivity contribution is 0.621. The van der Waals surface area contributed by atoms with Crippen LogP contribution >= 0.6 is 0 Å². The minimum Gasteiger partial charge on any atom is -0.330 e. The van der Waals surface area contributed by atoms with E-state index in [1.807, 2.05) is 12.3 Å². The van der Waals surface area contributed by atoms with Gasteiger partial charge in [-0.25, -0.2) is 4.98 Å². The number of hydrogen-bond acceptors (Lipinski definition) is 3. The van der Waals surface area contributed by atoms with Crippen LogP contribution in [0.4, 0.5) is 0 Å². The van der Waals surface area contributed by atoms with E-state index in [0.717, 1.165) is 36.1 Å². The summed E-state index contributed by atoms with van der Waals surface area (Å²) < 4.78 is 2.16. The maximum Gasteiger partial charge on any atom is 0.112 e. The van der Waals surface area contributed by atoms with Gasteiger partial charge in [-0.15, -0.1) is 0 Å². The molecule has 0 radical (unpaired) electrons. The van der Waals surface area contributed by atoms with Crippen LogP contribution in [0.15, 0.2) is 18.5 Å². The molecule has 0 spiro atoms. The van der Waals surface area contributed by atoms with Crippen molar-refractivity contribution in [3.05, 3.63) is 24.3 Å². The largest absolute Gasteiger partial charge is 0.330 e. The Kier molecular flexibility index (Phi) is 2.17. The van der Waals surface area contributed by atoms with E-state index in [4.69, 9.17) is 10.7 Å². The zero-order valence-electron chi connectivity index (χ0n) is 9.43. The maximum absolute atomic E-state index is 5.96. The molecule has 4 heteroatoms. The molecule has 1 aliphatic carbocycles. The van der Waals surface area contributed by atoms with Crippen LogP contribution in [0.25, 0.3) is 11.0 Å². The highest BCUT2D eigenvalue weighted by molar-refractivity contribution is 5.74. The first-order valence-corrected chi connectivity index (χ1v) is 5.77. The lowest BCUT2D eigenvalue weighted by atomic mass is 10.1. The predicted octanol–water partition coefficient (Wildman–Crippen LogP) is 1.56. The van der Waals surface area contributed by atoms with Gasteiger partial charge in [0.1, 0.15) is 5.82 Å². The van der Waals surface area contributed by atoms with Crippen molar-refractivity contribution in [1.82, 2.24) is 14.5 Å². The summed E-state index contributed by atoms with van der Waals surface area (Å²) in [6.45, 7) is 0. The monoisotopic (exact) mass is 216 g/mol. The second-order valence-electron chi connectivity index (χ2n) is 4.66. The Balaban J connectivity index is 2.07. The van der Waals surface area contributed by atoms with Gasteiger partial charge < -0.3 is 10.3 Å².